The maximum atomic E-state index is 9.08. The first kappa shape index (κ1) is 14.7. The van der Waals surface area contributed by atoms with Gasteiger partial charge in [0, 0.05) is 18.2 Å². The summed E-state index contributed by atoms with van der Waals surface area (Å²) < 4.78 is 0. The molecular formula is C12H23N5O. The highest BCUT2D eigenvalue weighted by Crippen LogP contribution is 2.21. The van der Waals surface area contributed by atoms with Crippen molar-refractivity contribution in [1.29, 1.82) is 0 Å². The lowest BCUT2D eigenvalue weighted by atomic mass is 10.0. The first-order valence-corrected chi connectivity index (χ1v) is 6.18. The molecule has 1 heterocycles. The van der Waals surface area contributed by atoms with E-state index in [2.05, 4.69) is 34.6 Å². The second-order valence-electron chi connectivity index (χ2n) is 4.74. The summed E-state index contributed by atoms with van der Waals surface area (Å²) >= 11 is 0. The lowest BCUT2D eigenvalue weighted by Gasteiger charge is -2.23. The predicted octanol–water partition coefficient (Wildman–Crippen LogP) is 1.20. The highest BCUT2D eigenvalue weighted by Gasteiger charge is 2.16. The van der Waals surface area contributed by atoms with Crippen LogP contribution >= 0.6 is 0 Å². The second kappa shape index (κ2) is 6.51. The normalized spacial score (nSPS) is 12.6. The minimum Gasteiger partial charge on any atom is -0.396 e. The number of nitrogens with zero attached hydrogens (tertiary/aromatic N) is 2. The molecule has 0 aromatic carbocycles. The van der Waals surface area contributed by atoms with Gasteiger partial charge in [-0.25, -0.2) is 15.8 Å². The van der Waals surface area contributed by atoms with Gasteiger partial charge in [0.05, 0.1) is 0 Å². The van der Waals surface area contributed by atoms with E-state index in [-0.39, 0.29) is 12.6 Å². The van der Waals surface area contributed by atoms with E-state index in [4.69, 9.17) is 10.9 Å². The van der Waals surface area contributed by atoms with Gasteiger partial charge in [0.25, 0.3) is 0 Å². The predicted molar refractivity (Wildman–Crippen MR) is 73.3 cm³/mol. The van der Waals surface area contributed by atoms with E-state index in [9.17, 15) is 0 Å². The van der Waals surface area contributed by atoms with E-state index >= 15 is 0 Å². The monoisotopic (exact) mass is 253 g/mol. The Bertz CT molecular complexity index is 394. The van der Waals surface area contributed by atoms with E-state index in [1.54, 1.807) is 0 Å². The molecule has 1 rings (SSSR count). The van der Waals surface area contributed by atoms with Gasteiger partial charge in [-0.15, -0.1) is 0 Å². The molecule has 18 heavy (non-hydrogen) atoms. The maximum absolute atomic E-state index is 9.08. The maximum Gasteiger partial charge on any atom is 0.148 e. The lowest BCUT2D eigenvalue weighted by molar-refractivity contribution is 0.267. The molecule has 1 aromatic rings. The second-order valence-corrected chi connectivity index (χ2v) is 4.74. The zero-order valence-electron chi connectivity index (χ0n) is 11.5. The van der Waals surface area contributed by atoms with Crippen LogP contribution in [0.3, 0.4) is 0 Å². The van der Waals surface area contributed by atoms with Crippen LogP contribution in [0.5, 0.6) is 0 Å². The molecule has 1 unspecified atom stereocenters. The number of nitrogens with one attached hydrogen (secondary N) is 2. The third kappa shape index (κ3) is 3.54. The van der Waals surface area contributed by atoms with Gasteiger partial charge in [-0.3, -0.25) is 0 Å². The zero-order valence-corrected chi connectivity index (χ0v) is 11.5. The van der Waals surface area contributed by atoms with Crippen LogP contribution in [0.2, 0.25) is 0 Å². The summed E-state index contributed by atoms with van der Waals surface area (Å²) in [5.41, 5.74) is 3.45. The van der Waals surface area contributed by atoms with Crippen LogP contribution in [0.4, 0.5) is 11.6 Å². The van der Waals surface area contributed by atoms with Gasteiger partial charge in [-0.1, -0.05) is 13.8 Å². The van der Waals surface area contributed by atoms with Crippen molar-refractivity contribution >= 4 is 11.6 Å². The highest BCUT2D eigenvalue weighted by molar-refractivity contribution is 5.57. The standard InChI is InChI=1S/C12H23N5O/c1-7(2)10(5-6-18)16-11-8(3)12(17-13)15-9(4)14-11/h7,10,18H,5-6,13H2,1-4H3,(H2,14,15,16,17). The van der Waals surface area contributed by atoms with Gasteiger partial charge < -0.3 is 15.8 Å². The van der Waals surface area contributed by atoms with Crippen LogP contribution in [-0.4, -0.2) is 27.7 Å². The van der Waals surface area contributed by atoms with Gasteiger partial charge in [0.1, 0.15) is 17.5 Å². The highest BCUT2D eigenvalue weighted by atomic mass is 16.3. The minimum absolute atomic E-state index is 0.154. The van der Waals surface area contributed by atoms with Crippen molar-refractivity contribution in [1.82, 2.24) is 9.97 Å². The van der Waals surface area contributed by atoms with Crippen LogP contribution in [0.25, 0.3) is 0 Å². The molecule has 0 spiro atoms. The Balaban J connectivity index is 2.98. The summed E-state index contributed by atoms with van der Waals surface area (Å²) in [4.78, 5) is 8.60. The van der Waals surface area contributed by atoms with Gasteiger partial charge in [0.15, 0.2) is 0 Å². The Morgan fingerprint density at radius 1 is 1.22 bits per heavy atom. The number of aliphatic hydroxyl groups excluding tert-OH is 1. The number of aliphatic hydroxyl groups is 1. The Morgan fingerprint density at radius 3 is 2.33 bits per heavy atom. The smallest absolute Gasteiger partial charge is 0.148 e. The summed E-state index contributed by atoms with van der Waals surface area (Å²) in [6.45, 7) is 8.10. The van der Waals surface area contributed by atoms with Crippen molar-refractivity contribution in [2.75, 3.05) is 17.3 Å². The first-order valence-electron chi connectivity index (χ1n) is 6.18. The summed E-state index contributed by atoms with van der Waals surface area (Å²) in [6, 6.07) is 0.175. The number of aryl methyl sites for hydroxylation is 1. The molecule has 0 fully saturated rings. The van der Waals surface area contributed by atoms with Gasteiger partial charge >= 0.3 is 0 Å². The van der Waals surface area contributed by atoms with Crippen molar-refractivity contribution in [2.24, 2.45) is 11.8 Å². The Morgan fingerprint density at radius 2 is 1.83 bits per heavy atom. The van der Waals surface area contributed by atoms with Crippen molar-refractivity contribution in [3.63, 3.8) is 0 Å². The molecule has 0 bridgehead atoms. The van der Waals surface area contributed by atoms with E-state index in [1.165, 1.54) is 0 Å². The minimum atomic E-state index is 0.154. The van der Waals surface area contributed by atoms with Gasteiger partial charge in [0.2, 0.25) is 0 Å². The number of nitrogens with two attached hydrogens (primary N) is 1. The van der Waals surface area contributed by atoms with Crippen LogP contribution in [0, 0.1) is 19.8 Å². The van der Waals surface area contributed by atoms with E-state index in [1.807, 2.05) is 13.8 Å². The molecule has 0 radical (unpaired) electrons. The first-order chi connectivity index (χ1) is 8.49. The molecule has 1 atom stereocenters. The molecule has 0 amide bonds. The molecule has 0 aliphatic rings. The summed E-state index contributed by atoms with van der Waals surface area (Å²) in [5.74, 6) is 7.88. The Labute approximate surface area is 108 Å². The van der Waals surface area contributed by atoms with Crippen molar-refractivity contribution in [3.8, 4) is 0 Å². The average molecular weight is 253 g/mol. The van der Waals surface area contributed by atoms with Crippen molar-refractivity contribution in [2.45, 2.75) is 40.2 Å². The Kier molecular flexibility index (Phi) is 5.30. The fraction of sp³-hybridized carbons (Fsp3) is 0.667. The van der Waals surface area contributed by atoms with Crippen LogP contribution < -0.4 is 16.6 Å². The van der Waals surface area contributed by atoms with E-state index in [0.29, 0.717) is 24.0 Å². The number of hydrogen-bond acceptors (Lipinski definition) is 6. The molecule has 0 aliphatic heterocycles. The third-order valence-corrected chi connectivity index (χ3v) is 2.96. The van der Waals surface area contributed by atoms with E-state index < -0.39 is 0 Å². The number of nitrogen functional groups attached to an aromatic ring is 1. The van der Waals surface area contributed by atoms with E-state index in [0.717, 1.165) is 11.4 Å². The SMILES string of the molecule is Cc1nc(NN)c(C)c(NC(CCO)C(C)C)n1. The van der Waals surface area contributed by atoms with Gasteiger partial charge in [-0.2, -0.15) is 0 Å². The molecule has 6 nitrogen and oxygen atoms in total. The lowest BCUT2D eigenvalue weighted by Crippen LogP contribution is -2.28. The van der Waals surface area contributed by atoms with Crippen LogP contribution in [-0.2, 0) is 0 Å². The number of hydrazine groups is 1. The van der Waals surface area contributed by atoms with Crippen molar-refractivity contribution < 1.29 is 5.11 Å². The fourth-order valence-corrected chi connectivity index (χ4v) is 1.80. The fourth-order valence-electron chi connectivity index (χ4n) is 1.80. The molecule has 5 N–H and O–H groups in total. The molecule has 0 aliphatic carbocycles. The molecule has 6 heteroatoms. The number of rotatable bonds is 6. The zero-order chi connectivity index (χ0) is 13.7. The van der Waals surface area contributed by atoms with Crippen molar-refractivity contribution in [3.05, 3.63) is 11.4 Å². The molecule has 0 saturated carbocycles. The summed E-state index contributed by atoms with van der Waals surface area (Å²) in [7, 11) is 0. The van der Waals surface area contributed by atoms with Crippen LogP contribution in [0.15, 0.2) is 0 Å². The van der Waals surface area contributed by atoms with Gasteiger partial charge in [-0.05, 0) is 26.2 Å². The van der Waals surface area contributed by atoms with Crippen LogP contribution in [0.1, 0.15) is 31.7 Å². The summed E-state index contributed by atoms with van der Waals surface area (Å²) in [5, 5.41) is 12.4. The Hall–Kier alpha value is -1.40. The molecular weight excluding hydrogens is 230 g/mol. The third-order valence-electron chi connectivity index (χ3n) is 2.96. The number of hydrogen-bond donors (Lipinski definition) is 4. The average Bonchev–Trinajstić information content (AvgIpc) is 2.32. The quantitative estimate of drug-likeness (QED) is 0.449. The number of anilines is 2. The molecule has 1 aromatic heterocycles. The number of aromatic nitrogens is 2. The molecule has 102 valence electrons. The summed E-state index contributed by atoms with van der Waals surface area (Å²) in [6.07, 6.45) is 0.686. The molecule has 0 saturated heterocycles. The topological polar surface area (TPSA) is 96.1 Å². The largest absolute Gasteiger partial charge is 0.396 e.